The lowest BCUT2D eigenvalue weighted by atomic mass is 10.3. The molecule has 0 amide bonds. The van der Waals surface area contributed by atoms with Crippen LogP contribution in [0.1, 0.15) is 27.2 Å². The summed E-state index contributed by atoms with van der Waals surface area (Å²) in [6, 6.07) is 5.84. The van der Waals surface area contributed by atoms with Crippen molar-refractivity contribution in [1.29, 1.82) is 0 Å². The summed E-state index contributed by atoms with van der Waals surface area (Å²) in [5.74, 6) is 0. The molecule has 0 saturated carbocycles. The summed E-state index contributed by atoms with van der Waals surface area (Å²) in [5, 5.41) is 14.1. The van der Waals surface area contributed by atoms with Gasteiger partial charge in [-0.3, -0.25) is 19.3 Å². The molecule has 1 aromatic rings. The van der Waals surface area contributed by atoms with Crippen LogP contribution >= 0.6 is 30.3 Å². The number of nitro benzene ring substituents is 1. The van der Waals surface area contributed by atoms with E-state index in [9.17, 15) is 14.7 Å². The first kappa shape index (κ1) is 22.6. The van der Waals surface area contributed by atoms with Gasteiger partial charge in [-0.15, -0.1) is 6.58 Å². The van der Waals surface area contributed by atoms with Crippen molar-refractivity contribution in [2.45, 2.75) is 32.4 Å². The number of anilines is 1. The summed E-state index contributed by atoms with van der Waals surface area (Å²) in [4.78, 5) is 10.3. The van der Waals surface area contributed by atoms with Crippen LogP contribution < -0.4 is 5.32 Å². The van der Waals surface area contributed by atoms with Gasteiger partial charge in [0.1, 0.15) is 0 Å². The third kappa shape index (κ3) is 6.39. The number of hydrogen-bond donors (Lipinski definition) is 1. The highest BCUT2D eigenvalue weighted by Gasteiger charge is 2.35. The van der Waals surface area contributed by atoms with Gasteiger partial charge in [0.2, 0.25) is 0 Å². The van der Waals surface area contributed by atoms with Gasteiger partial charge in [-0.1, -0.05) is 19.9 Å². The zero-order valence-corrected chi connectivity index (χ0v) is 17.6. The van der Waals surface area contributed by atoms with Gasteiger partial charge >= 0.3 is 6.72 Å². The maximum Gasteiger partial charge on any atom is 0.355 e. The fraction of sp³-hybridized carbons (Fsp3) is 0.438. The molecule has 0 fully saturated rings. The summed E-state index contributed by atoms with van der Waals surface area (Å²) in [6.45, 7) is 6.74. The average Bonchev–Trinajstić information content (AvgIpc) is 2.59. The molecule has 0 aliphatic rings. The molecule has 0 aliphatic heterocycles. The summed E-state index contributed by atoms with van der Waals surface area (Å²) in [7, 11) is 0. The summed E-state index contributed by atoms with van der Waals surface area (Å²) in [6.07, 6.45) is 2.44. The molecule has 1 N–H and O–H groups in total. The molecule has 144 valence electrons. The maximum absolute atomic E-state index is 13.4. The van der Waals surface area contributed by atoms with Crippen molar-refractivity contribution in [2.24, 2.45) is 0 Å². The second-order valence-corrected chi connectivity index (χ2v) is 10.4. The molecule has 1 rings (SSSR count). The van der Waals surface area contributed by atoms with E-state index in [1.165, 1.54) is 28.2 Å². The Kier molecular flexibility index (Phi) is 9.29. The third-order valence-electron chi connectivity index (χ3n) is 3.34. The van der Waals surface area contributed by atoms with Crippen molar-refractivity contribution in [1.82, 2.24) is 4.67 Å². The van der Waals surface area contributed by atoms with E-state index in [0.717, 1.165) is 6.42 Å². The Morgan fingerprint density at radius 1 is 1.50 bits per heavy atom. The van der Waals surface area contributed by atoms with E-state index in [1.807, 2.05) is 13.8 Å². The van der Waals surface area contributed by atoms with Gasteiger partial charge in [0.25, 0.3) is 5.69 Å². The van der Waals surface area contributed by atoms with Crippen LogP contribution in [0.3, 0.4) is 0 Å². The molecular weight excluding hydrogens is 393 g/mol. The number of nitrogens with zero attached hydrogens (tertiary/aromatic N) is 2. The highest BCUT2D eigenvalue weighted by atomic mass is 32.7. The molecule has 0 heterocycles. The number of thiocarbonyl (C=S) groups is 1. The zero-order chi connectivity index (χ0) is 19.7. The van der Waals surface area contributed by atoms with Crippen molar-refractivity contribution >= 4 is 46.8 Å². The Labute approximate surface area is 163 Å². The first-order valence-corrected chi connectivity index (χ1v) is 11.6. The van der Waals surface area contributed by atoms with Crippen LogP contribution in [0.5, 0.6) is 0 Å². The number of non-ortho nitro benzene ring substituents is 1. The minimum atomic E-state index is -3.27. The van der Waals surface area contributed by atoms with Crippen molar-refractivity contribution in [3.05, 3.63) is 47.0 Å². The highest BCUT2D eigenvalue weighted by molar-refractivity contribution is 8.56. The van der Waals surface area contributed by atoms with Crippen LogP contribution in [0.2, 0.25) is 0 Å². The molecule has 26 heavy (non-hydrogen) atoms. The van der Waals surface area contributed by atoms with Gasteiger partial charge in [-0.05, 0) is 49.1 Å². The van der Waals surface area contributed by atoms with E-state index < -0.39 is 11.6 Å². The van der Waals surface area contributed by atoms with Gasteiger partial charge in [0, 0.05) is 29.6 Å². The van der Waals surface area contributed by atoms with Crippen LogP contribution in [-0.2, 0) is 9.09 Å². The average molecular weight is 417 g/mol. The topological polar surface area (TPSA) is 84.7 Å². The molecule has 0 aromatic heterocycles. The van der Waals surface area contributed by atoms with Crippen molar-refractivity contribution in [3.8, 4) is 0 Å². The van der Waals surface area contributed by atoms with E-state index in [-0.39, 0.29) is 29.2 Å². The quantitative estimate of drug-likeness (QED) is 0.177. The van der Waals surface area contributed by atoms with Gasteiger partial charge in [0.05, 0.1) is 11.5 Å². The number of benzene rings is 1. The minimum absolute atomic E-state index is 0.0169. The molecule has 1 aromatic carbocycles. The van der Waals surface area contributed by atoms with E-state index in [2.05, 4.69) is 11.9 Å². The van der Waals surface area contributed by atoms with Crippen LogP contribution in [0.15, 0.2) is 36.9 Å². The Morgan fingerprint density at radius 3 is 2.58 bits per heavy atom. The van der Waals surface area contributed by atoms with Crippen LogP contribution in [0.4, 0.5) is 11.4 Å². The molecule has 0 spiro atoms. The Morgan fingerprint density at radius 2 is 2.12 bits per heavy atom. The fourth-order valence-corrected chi connectivity index (χ4v) is 7.49. The lowest BCUT2D eigenvalue weighted by Crippen LogP contribution is -2.32. The van der Waals surface area contributed by atoms with Crippen LogP contribution in [-0.4, -0.2) is 33.1 Å². The number of nitro groups is 1. The van der Waals surface area contributed by atoms with Gasteiger partial charge in [-0.25, -0.2) is 0 Å². The largest absolute Gasteiger partial charge is 0.355 e. The number of nitrogens with one attached hydrogen (secondary N) is 1. The second-order valence-electron chi connectivity index (χ2n) is 5.32. The summed E-state index contributed by atoms with van der Waals surface area (Å²) < 4.78 is 20.6. The molecular formula is C16H24N3O4PS2. The Balaban J connectivity index is 3.04. The van der Waals surface area contributed by atoms with E-state index >= 15 is 0 Å². The van der Waals surface area contributed by atoms with Gasteiger partial charge in [0.15, 0.2) is 5.11 Å². The fourth-order valence-electron chi connectivity index (χ4n) is 1.89. The Hall–Kier alpha value is -1.41. The molecule has 0 saturated heterocycles. The van der Waals surface area contributed by atoms with E-state index in [0.29, 0.717) is 5.69 Å². The number of hydrogen-bond acceptors (Lipinski definition) is 6. The predicted molar refractivity (Wildman–Crippen MR) is 113 cm³/mol. The highest BCUT2D eigenvalue weighted by Crippen LogP contribution is 2.64. The van der Waals surface area contributed by atoms with E-state index in [1.54, 1.807) is 25.1 Å². The molecule has 2 unspecified atom stereocenters. The summed E-state index contributed by atoms with van der Waals surface area (Å²) >= 11 is 6.69. The molecule has 0 bridgehead atoms. The Bertz CT molecular complexity index is 685. The zero-order valence-electron chi connectivity index (χ0n) is 15.1. The molecule has 2 atom stereocenters. The SMILES string of the molecule is C=CCN(C(=S)Nc1ccc([N+](=O)[O-])cc1)P(=O)(OCC)SC(C)CC. The minimum Gasteiger partial charge on any atom is -0.332 e. The van der Waals surface area contributed by atoms with Gasteiger partial charge < -0.3 is 9.84 Å². The number of rotatable bonds is 10. The maximum atomic E-state index is 13.4. The monoisotopic (exact) mass is 417 g/mol. The smallest absolute Gasteiger partial charge is 0.332 e. The van der Waals surface area contributed by atoms with E-state index in [4.69, 9.17) is 16.7 Å². The molecule has 0 radical (unpaired) electrons. The molecule has 10 heteroatoms. The third-order valence-corrected chi connectivity index (χ3v) is 9.08. The van der Waals surface area contributed by atoms with Crippen molar-refractivity contribution in [3.63, 3.8) is 0 Å². The predicted octanol–water partition coefficient (Wildman–Crippen LogP) is 5.46. The normalized spacial score (nSPS) is 14.1. The first-order valence-electron chi connectivity index (χ1n) is 8.14. The van der Waals surface area contributed by atoms with Crippen LogP contribution in [0, 0.1) is 10.1 Å². The van der Waals surface area contributed by atoms with Crippen LogP contribution in [0.25, 0.3) is 0 Å². The summed E-state index contributed by atoms with van der Waals surface area (Å²) in [5.41, 5.74) is 0.544. The van der Waals surface area contributed by atoms with Gasteiger partial charge in [-0.2, -0.15) is 0 Å². The molecule has 7 nitrogen and oxygen atoms in total. The van der Waals surface area contributed by atoms with Crippen molar-refractivity contribution < 1.29 is 14.0 Å². The molecule has 0 aliphatic carbocycles. The lowest BCUT2D eigenvalue weighted by molar-refractivity contribution is -0.384. The lowest BCUT2D eigenvalue weighted by Gasteiger charge is -2.32. The van der Waals surface area contributed by atoms with Crippen molar-refractivity contribution in [2.75, 3.05) is 18.5 Å². The second kappa shape index (κ2) is 10.7. The first-order chi connectivity index (χ1) is 12.3. The standard InChI is InChI=1S/C16H24N3O4PS2/c1-5-12-18(24(22,23-7-3)26-13(4)6-2)16(25)17-14-8-10-15(11-9-14)19(20)21/h5,8-11,13H,1,6-7,12H2,2-4H3,(H,17,25).